The van der Waals surface area contributed by atoms with Gasteiger partial charge in [0.15, 0.2) is 11.5 Å². The minimum absolute atomic E-state index is 0.136. The van der Waals surface area contributed by atoms with Gasteiger partial charge in [-0.1, -0.05) is 6.07 Å². The molecule has 0 aliphatic rings. The summed E-state index contributed by atoms with van der Waals surface area (Å²) in [5, 5.41) is 29.8. The molecule has 0 spiro atoms. The van der Waals surface area contributed by atoms with Crippen LogP contribution in [0, 0.1) is 0 Å². The minimum atomic E-state index is -0.153. The molecule has 0 aromatic heterocycles. The molecule has 9 heteroatoms. The third-order valence-electron chi connectivity index (χ3n) is 4.62. The van der Waals surface area contributed by atoms with Gasteiger partial charge in [-0.3, -0.25) is 0 Å². The molecule has 0 saturated heterocycles. The highest BCUT2D eigenvalue weighted by atomic mass is 16.5. The Kier molecular flexibility index (Phi) is 5.60. The number of para-hydroxylation sites is 1. The molecule has 0 saturated carbocycles. The number of rotatable bonds is 6. The standard InChI is InChI=1S/C24H21N3O6/c25-16-7-4-13(10-19(16)28)31-22-2-1-3-23(32-14-5-8-17(26)20(29)11-14)24(22)33-15-6-9-18(27)21(30)12-15/h1-12,28-30H,25-27H2. The zero-order chi connectivity index (χ0) is 23.5. The normalized spacial score (nSPS) is 10.5. The van der Waals surface area contributed by atoms with Crippen LogP contribution in [0.2, 0.25) is 0 Å². The first-order chi connectivity index (χ1) is 15.8. The molecule has 0 aliphatic carbocycles. The van der Waals surface area contributed by atoms with Crippen molar-refractivity contribution in [3.8, 4) is 51.7 Å². The van der Waals surface area contributed by atoms with Crippen molar-refractivity contribution in [3.05, 3.63) is 72.8 Å². The quantitative estimate of drug-likeness (QED) is 0.177. The molecule has 0 atom stereocenters. The minimum Gasteiger partial charge on any atom is -0.506 e. The van der Waals surface area contributed by atoms with Crippen molar-refractivity contribution >= 4 is 17.1 Å². The van der Waals surface area contributed by atoms with Crippen LogP contribution in [0.3, 0.4) is 0 Å². The maximum absolute atomic E-state index is 9.95. The number of anilines is 3. The Hall–Kier alpha value is -4.92. The van der Waals surface area contributed by atoms with Gasteiger partial charge in [0.25, 0.3) is 0 Å². The van der Waals surface area contributed by atoms with E-state index in [4.69, 9.17) is 31.4 Å². The number of phenolic OH excluding ortho intramolecular Hbond substituents is 3. The molecule has 33 heavy (non-hydrogen) atoms. The fourth-order valence-corrected chi connectivity index (χ4v) is 2.89. The summed E-state index contributed by atoms with van der Waals surface area (Å²) >= 11 is 0. The van der Waals surface area contributed by atoms with Crippen molar-refractivity contribution < 1.29 is 29.5 Å². The predicted octanol–water partition coefficient (Wildman–Crippen LogP) is 4.93. The summed E-state index contributed by atoms with van der Waals surface area (Å²) < 4.78 is 17.8. The molecule has 0 heterocycles. The summed E-state index contributed by atoms with van der Waals surface area (Å²) in [6.45, 7) is 0. The number of benzene rings is 4. The van der Waals surface area contributed by atoms with Crippen molar-refractivity contribution in [2.24, 2.45) is 0 Å². The van der Waals surface area contributed by atoms with Gasteiger partial charge < -0.3 is 46.7 Å². The molecule has 9 N–H and O–H groups in total. The van der Waals surface area contributed by atoms with E-state index in [1.165, 1.54) is 36.4 Å². The SMILES string of the molecule is Nc1ccc(Oc2cccc(Oc3ccc(N)c(O)c3)c2Oc2ccc(N)c(O)c2)cc1O. The number of nitrogen functional groups attached to an aromatic ring is 3. The van der Waals surface area contributed by atoms with E-state index in [1.54, 1.807) is 36.4 Å². The molecular weight excluding hydrogens is 426 g/mol. The second-order valence-electron chi connectivity index (χ2n) is 7.05. The van der Waals surface area contributed by atoms with E-state index < -0.39 is 0 Å². The molecule has 168 valence electrons. The molecule has 4 aromatic rings. The number of nitrogens with two attached hydrogens (primary N) is 3. The topological polar surface area (TPSA) is 166 Å². The first-order valence-corrected chi connectivity index (χ1v) is 9.72. The number of aromatic hydroxyl groups is 3. The van der Waals surface area contributed by atoms with Crippen molar-refractivity contribution in [1.82, 2.24) is 0 Å². The zero-order valence-corrected chi connectivity index (χ0v) is 17.2. The molecular formula is C24H21N3O6. The van der Waals surface area contributed by atoms with Crippen LogP contribution in [-0.2, 0) is 0 Å². The summed E-state index contributed by atoms with van der Waals surface area (Å²) in [7, 11) is 0. The van der Waals surface area contributed by atoms with E-state index in [1.807, 2.05) is 0 Å². The lowest BCUT2D eigenvalue weighted by molar-refractivity contribution is 0.382. The third-order valence-corrected chi connectivity index (χ3v) is 4.62. The van der Waals surface area contributed by atoms with Gasteiger partial charge in [-0.25, -0.2) is 0 Å². The smallest absolute Gasteiger partial charge is 0.212 e. The molecule has 0 radical (unpaired) electrons. The van der Waals surface area contributed by atoms with Gasteiger partial charge in [-0.2, -0.15) is 0 Å². The summed E-state index contributed by atoms with van der Waals surface area (Å²) in [6, 6.07) is 18.2. The average molecular weight is 447 g/mol. The average Bonchev–Trinajstić information content (AvgIpc) is 2.78. The second kappa shape index (κ2) is 8.67. The fourth-order valence-electron chi connectivity index (χ4n) is 2.89. The van der Waals surface area contributed by atoms with Crippen LogP contribution >= 0.6 is 0 Å². The van der Waals surface area contributed by atoms with E-state index in [2.05, 4.69) is 0 Å². The molecule has 0 bridgehead atoms. The van der Waals surface area contributed by atoms with Gasteiger partial charge in [0.05, 0.1) is 17.1 Å². The molecule has 9 nitrogen and oxygen atoms in total. The predicted molar refractivity (Wildman–Crippen MR) is 124 cm³/mol. The highest BCUT2D eigenvalue weighted by molar-refractivity contribution is 5.61. The number of hydrogen-bond donors (Lipinski definition) is 6. The molecule has 4 aromatic carbocycles. The monoisotopic (exact) mass is 447 g/mol. The van der Waals surface area contributed by atoms with Gasteiger partial charge in [-0.05, 0) is 48.5 Å². The largest absolute Gasteiger partial charge is 0.506 e. The number of phenols is 3. The van der Waals surface area contributed by atoms with Crippen LogP contribution in [0.15, 0.2) is 72.8 Å². The van der Waals surface area contributed by atoms with E-state index in [0.717, 1.165) is 0 Å². The summed E-state index contributed by atoms with van der Waals surface area (Å²) in [5.41, 5.74) is 17.6. The van der Waals surface area contributed by atoms with E-state index in [0.29, 0.717) is 11.5 Å². The van der Waals surface area contributed by atoms with E-state index in [9.17, 15) is 15.3 Å². The Balaban J connectivity index is 1.75. The van der Waals surface area contributed by atoms with E-state index >= 15 is 0 Å². The van der Waals surface area contributed by atoms with Crippen molar-refractivity contribution in [1.29, 1.82) is 0 Å². The Labute approximate surface area is 188 Å². The summed E-state index contributed by atoms with van der Waals surface area (Å²) in [6.07, 6.45) is 0. The Morgan fingerprint density at radius 3 is 1.21 bits per heavy atom. The molecule has 0 unspecified atom stereocenters. The molecule has 0 amide bonds. The van der Waals surface area contributed by atoms with Crippen LogP contribution in [0.1, 0.15) is 0 Å². The van der Waals surface area contributed by atoms with Crippen LogP contribution in [0.4, 0.5) is 17.1 Å². The Morgan fingerprint density at radius 1 is 0.485 bits per heavy atom. The van der Waals surface area contributed by atoms with Crippen LogP contribution in [0.5, 0.6) is 51.7 Å². The number of ether oxygens (including phenoxy) is 3. The number of hydrogen-bond acceptors (Lipinski definition) is 9. The van der Waals surface area contributed by atoms with Crippen LogP contribution < -0.4 is 31.4 Å². The fraction of sp³-hybridized carbons (Fsp3) is 0. The van der Waals surface area contributed by atoms with Crippen molar-refractivity contribution in [2.45, 2.75) is 0 Å². The molecule has 4 rings (SSSR count). The first-order valence-electron chi connectivity index (χ1n) is 9.72. The maximum atomic E-state index is 9.95. The summed E-state index contributed by atoms with van der Waals surface area (Å²) in [4.78, 5) is 0. The van der Waals surface area contributed by atoms with Gasteiger partial charge >= 0.3 is 0 Å². The highest BCUT2D eigenvalue weighted by Crippen LogP contribution is 2.45. The van der Waals surface area contributed by atoms with Gasteiger partial charge in [0, 0.05) is 18.2 Å². The lowest BCUT2D eigenvalue weighted by Gasteiger charge is -2.17. The third kappa shape index (κ3) is 4.72. The zero-order valence-electron chi connectivity index (χ0n) is 17.2. The van der Waals surface area contributed by atoms with Crippen molar-refractivity contribution in [2.75, 3.05) is 17.2 Å². The van der Waals surface area contributed by atoms with Gasteiger partial charge in [0.2, 0.25) is 5.75 Å². The first kappa shape index (κ1) is 21.3. The van der Waals surface area contributed by atoms with Gasteiger partial charge in [-0.15, -0.1) is 0 Å². The van der Waals surface area contributed by atoms with Crippen molar-refractivity contribution in [3.63, 3.8) is 0 Å². The Bertz CT molecular complexity index is 1250. The molecule has 0 fully saturated rings. The van der Waals surface area contributed by atoms with Crippen LogP contribution in [-0.4, -0.2) is 15.3 Å². The highest BCUT2D eigenvalue weighted by Gasteiger charge is 2.17. The lowest BCUT2D eigenvalue weighted by atomic mass is 10.2. The van der Waals surface area contributed by atoms with Crippen LogP contribution in [0.25, 0.3) is 0 Å². The molecule has 0 aliphatic heterocycles. The maximum Gasteiger partial charge on any atom is 0.212 e. The second-order valence-corrected chi connectivity index (χ2v) is 7.05. The van der Waals surface area contributed by atoms with E-state index in [-0.39, 0.29) is 57.3 Å². The van der Waals surface area contributed by atoms with Gasteiger partial charge in [0.1, 0.15) is 34.5 Å². The Morgan fingerprint density at radius 2 is 0.848 bits per heavy atom. The summed E-state index contributed by atoms with van der Waals surface area (Å²) in [5.74, 6) is 1.09. The lowest BCUT2D eigenvalue weighted by Crippen LogP contribution is -1.96.